The number of allylic oxidation sites excluding steroid dienone is 1. The van der Waals surface area contributed by atoms with Crippen LogP contribution in [0, 0.1) is 18.3 Å². The predicted molar refractivity (Wildman–Crippen MR) is 148 cm³/mol. The quantitative estimate of drug-likeness (QED) is 0.438. The molecule has 0 aliphatic carbocycles. The second-order valence-corrected chi connectivity index (χ2v) is 8.34. The van der Waals surface area contributed by atoms with Crippen molar-refractivity contribution in [3.8, 4) is 17.7 Å². The number of nitrogens with one attached hydrogen (secondary N) is 1. The molecule has 1 unspecified atom stereocenters. The van der Waals surface area contributed by atoms with Gasteiger partial charge in [-0.15, -0.1) is 0 Å². The van der Waals surface area contributed by atoms with Crippen molar-refractivity contribution in [1.29, 1.82) is 5.26 Å². The van der Waals surface area contributed by atoms with Gasteiger partial charge in [0.15, 0.2) is 0 Å². The number of nitrogens with two attached hydrogens (primary N) is 1. The van der Waals surface area contributed by atoms with E-state index in [1.807, 2.05) is 26.8 Å². The number of nitrogens with zero attached hydrogens (tertiary/aromatic N) is 2. The fraction of sp³-hybridized carbons (Fsp3) is 0.300. The predicted octanol–water partition coefficient (Wildman–Crippen LogP) is 5.87. The van der Waals surface area contributed by atoms with Crippen molar-refractivity contribution in [2.45, 2.75) is 47.5 Å². The van der Waals surface area contributed by atoms with E-state index in [9.17, 15) is 10.1 Å². The number of aromatic nitrogens is 1. The molecule has 0 fully saturated rings. The van der Waals surface area contributed by atoms with E-state index in [0.717, 1.165) is 23.2 Å². The number of methoxy groups -OCH3 is 1. The van der Waals surface area contributed by atoms with Crippen LogP contribution < -0.4 is 20.5 Å². The van der Waals surface area contributed by atoms with E-state index in [2.05, 4.69) is 47.6 Å². The molecule has 0 spiro atoms. The lowest BCUT2D eigenvalue weighted by Gasteiger charge is -2.32. The Morgan fingerprint density at radius 1 is 1.16 bits per heavy atom. The molecule has 0 bridgehead atoms. The van der Waals surface area contributed by atoms with Gasteiger partial charge in [-0.25, -0.2) is 4.98 Å². The average Bonchev–Trinajstić information content (AvgIpc) is 2.90. The molecular formula is C30H36N4O3. The van der Waals surface area contributed by atoms with Crippen LogP contribution in [-0.4, -0.2) is 24.6 Å². The highest BCUT2D eigenvalue weighted by Gasteiger charge is 2.36. The van der Waals surface area contributed by atoms with Crippen molar-refractivity contribution in [2.75, 3.05) is 19.0 Å². The minimum atomic E-state index is -0.545. The van der Waals surface area contributed by atoms with Crippen LogP contribution in [0.3, 0.4) is 0 Å². The van der Waals surface area contributed by atoms with E-state index in [4.69, 9.17) is 15.2 Å². The Morgan fingerprint density at radius 2 is 1.86 bits per heavy atom. The van der Waals surface area contributed by atoms with Gasteiger partial charge in [-0.05, 0) is 50.5 Å². The first-order valence-corrected chi connectivity index (χ1v) is 11.9. The first kappa shape index (κ1) is 28.9. The number of primary amides is 1. The molecule has 0 saturated heterocycles. The number of hydrogen-bond acceptors (Lipinski definition) is 6. The van der Waals surface area contributed by atoms with E-state index < -0.39 is 11.8 Å². The smallest absolute Gasteiger partial charge is 0.247 e. The molecule has 2 heterocycles. The Morgan fingerprint density at radius 3 is 2.41 bits per heavy atom. The Hall–Kier alpha value is -4.31. The standard InChI is InChI=1S/C21H22N4O3.C8H10.CH4/c1-5-28-21-18-17(14-7-6-13(9-22)8-15(14)27-4)16(20(23)26)12(3)25-19(18)11(2)10-24-21;1-2-8-6-4-3-5-7-8;/h6-8,10,17,25H,5H2,1-4H3,(H2,23,26);3-7H,2H2,1H3;1H4. The third-order valence-corrected chi connectivity index (χ3v) is 6.03. The number of nitriles is 1. The number of rotatable bonds is 6. The van der Waals surface area contributed by atoms with Crippen molar-refractivity contribution < 1.29 is 14.3 Å². The number of ether oxygens (including phenoxy) is 2. The number of amides is 1. The molecule has 0 saturated carbocycles. The highest BCUT2D eigenvalue weighted by molar-refractivity contribution is 5.98. The summed E-state index contributed by atoms with van der Waals surface area (Å²) in [4.78, 5) is 16.8. The van der Waals surface area contributed by atoms with Crippen LogP contribution >= 0.6 is 0 Å². The second kappa shape index (κ2) is 13.1. The monoisotopic (exact) mass is 500 g/mol. The summed E-state index contributed by atoms with van der Waals surface area (Å²) in [5, 5.41) is 12.5. The molecule has 0 radical (unpaired) electrons. The number of carbonyl (C=O) groups is 1. The van der Waals surface area contributed by atoms with Gasteiger partial charge in [0.25, 0.3) is 0 Å². The molecule has 7 heteroatoms. The van der Waals surface area contributed by atoms with Crippen molar-refractivity contribution in [1.82, 2.24) is 4.98 Å². The first-order valence-electron chi connectivity index (χ1n) is 11.9. The minimum Gasteiger partial charge on any atom is -0.496 e. The summed E-state index contributed by atoms with van der Waals surface area (Å²) in [5.74, 6) is -0.160. The lowest BCUT2D eigenvalue weighted by atomic mass is 9.79. The Bertz CT molecular complexity index is 1310. The molecule has 7 nitrogen and oxygen atoms in total. The number of anilines is 1. The maximum atomic E-state index is 12.4. The zero-order valence-corrected chi connectivity index (χ0v) is 21.4. The minimum absolute atomic E-state index is 0. The summed E-state index contributed by atoms with van der Waals surface area (Å²) in [6.45, 7) is 8.21. The van der Waals surface area contributed by atoms with Crippen molar-refractivity contribution in [2.24, 2.45) is 5.73 Å². The average molecular weight is 501 g/mol. The fourth-order valence-corrected chi connectivity index (χ4v) is 4.28. The molecular weight excluding hydrogens is 464 g/mol. The molecule has 1 aromatic heterocycles. The summed E-state index contributed by atoms with van der Waals surface area (Å²) in [7, 11) is 1.53. The van der Waals surface area contributed by atoms with Crippen LogP contribution in [0.15, 0.2) is 66.0 Å². The summed E-state index contributed by atoms with van der Waals surface area (Å²) in [6, 6.07) is 17.7. The van der Waals surface area contributed by atoms with Gasteiger partial charge in [0.05, 0.1) is 42.5 Å². The number of aryl methyl sites for hydroxylation is 2. The molecule has 4 rings (SSSR count). The summed E-state index contributed by atoms with van der Waals surface area (Å²) in [6.07, 6.45) is 2.87. The Labute approximate surface area is 219 Å². The van der Waals surface area contributed by atoms with Gasteiger partial charge in [-0.2, -0.15) is 5.26 Å². The van der Waals surface area contributed by atoms with Crippen LogP contribution in [0.1, 0.15) is 61.9 Å². The largest absolute Gasteiger partial charge is 0.496 e. The summed E-state index contributed by atoms with van der Waals surface area (Å²) < 4.78 is 11.3. The van der Waals surface area contributed by atoms with Crippen molar-refractivity contribution in [3.05, 3.63) is 93.8 Å². The zero-order valence-electron chi connectivity index (χ0n) is 21.4. The van der Waals surface area contributed by atoms with Crippen molar-refractivity contribution >= 4 is 11.6 Å². The van der Waals surface area contributed by atoms with Gasteiger partial charge >= 0.3 is 0 Å². The molecule has 1 aliphatic heterocycles. The van der Waals surface area contributed by atoms with Gasteiger partial charge in [0, 0.05) is 23.0 Å². The molecule has 1 atom stereocenters. The van der Waals surface area contributed by atoms with Crippen LogP contribution in [0.2, 0.25) is 0 Å². The lowest BCUT2D eigenvalue weighted by molar-refractivity contribution is -0.114. The Balaban J connectivity index is 0.000000457. The SMILES string of the molecule is C.CCOc1ncc(C)c2c1C(c1ccc(C#N)cc1OC)C(C(N)=O)=C(C)N2.CCc1ccccc1. The topological polar surface area (TPSA) is 110 Å². The van der Waals surface area contributed by atoms with Gasteiger partial charge in [-0.1, -0.05) is 50.7 Å². The molecule has 2 aromatic carbocycles. The normalized spacial score (nSPS) is 13.6. The molecule has 194 valence electrons. The van der Waals surface area contributed by atoms with E-state index in [0.29, 0.717) is 40.6 Å². The van der Waals surface area contributed by atoms with Crippen LogP contribution in [0.4, 0.5) is 5.69 Å². The molecule has 3 aromatic rings. The van der Waals surface area contributed by atoms with E-state index in [1.54, 1.807) is 24.4 Å². The summed E-state index contributed by atoms with van der Waals surface area (Å²) in [5.41, 5.74) is 11.9. The second-order valence-electron chi connectivity index (χ2n) is 8.34. The third-order valence-electron chi connectivity index (χ3n) is 6.03. The third kappa shape index (κ3) is 6.28. The number of benzene rings is 2. The van der Waals surface area contributed by atoms with Crippen LogP contribution in [-0.2, 0) is 11.2 Å². The van der Waals surface area contributed by atoms with Crippen LogP contribution in [0.5, 0.6) is 11.6 Å². The molecule has 37 heavy (non-hydrogen) atoms. The first-order chi connectivity index (χ1) is 17.4. The molecule has 1 amide bonds. The van der Waals surface area contributed by atoms with Crippen molar-refractivity contribution in [3.63, 3.8) is 0 Å². The maximum absolute atomic E-state index is 12.4. The lowest BCUT2D eigenvalue weighted by Crippen LogP contribution is -2.28. The number of hydrogen-bond donors (Lipinski definition) is 2. The number of carbonyl (C=O) groups excluding carboxylic acids is 1. The molecule has 1 aliphatic rings. The van der Waals surface area contributed by atoms with Gasteiger partial charge in [-0.3, -0.25) is 4.79 Å². The number of fused-ring (bicyclic) bond motifs is 1. The Kier molecular flexibility index (Phi) is 10.3. The van der Waals surface area contributed by atoms with Gasteiger partial charge in [0.1, 0.15) is 5.75 Å². The van der Waals surface area contributed by atoms with Gasteiger partial charge < -0.3 is 20.5 Å². The highest BCUT2D eigenvalue weighted by atomic mass is 16.5. The van der Waals surface area contributed by atoms with E-state index >= 15 is 0 Å². The summed E-state index contributed by atoms with van der Waals surface area (Å²) >= 11 is 0. The van der Waals surface area contributed by atoms with Crippen LogP contribution in [0.25, 0.3) is 0 Å². The van der Waals surface area contributed by atoms with E-state index in [1.165, 1.54) is 12.7 Å². The maximum Gasteiger partial charge on any atom is 0.247 e. The van der Waals surface area contributed by atoms with Gasteiger partial charge in [0.2, 0.25) is 11.8 Å². The number of pyridine rings is 1. The zero-order chi connectivity index (χ0) is 26.2. The molecule has 3 N–H and O–H groups in total. The van der Waals surface area contributed by atoms with E-state index in [-0.39, 0.29) is 7.43 Å². The fourth-order valence-electron chi connectivity index (χ4n) is 4.28. The highest BCUT2D eigenvalue weighted by Crippen LogP contribution is 2.48.